The first-order valence-electron chi connectivity index (χ1n) is 5.03. The van der Waals surface area contributed by atoms with E-state index in [9.17, 15) is 8.42 Å². The molecule has 0 aromatic carbocycles. The summed E-state index contributed by atoms with van der Waals surface area (Å²) in [5, 5.41) is 14.3. The van der Waals surface area contributed by atoms with Gasteiger partial charge in [0.2, 0.25) is 0 Å². The van der Waals surface area contributed by atoms with Crippen LogP contribution in [-0.2, 0) is 21.3 Å². The Morgan fingerprint density at radius 3 is 2.83 bits per heavy atom. The SMILES string of the molecule is COCCn1c(-c2cccs2)nnc1S(N)(=O)=O. The maximum atomic E-state index is 11.4. The number of aromatic nitrogens is 3. The lowest BCUT2D eigenvalue weighted by Gasteiger charge is -2.07. The molecule has 0 aliphatic rings. The van der Waals surface area contributed by atoms with Crippen molar-refractivity contribution in [3.63, 3.8) is 0 Å². The van der Waals surface area contributed by atoms with Crippen molar-refractivity contribution in [1.29, 1.82) is 0 Å². The van der Waals surface area contributed by atoms with Gasteiger partial charge in [-0.1, -0.05) is 6.07 Å². The largest absolute Gasteiger partial charge is 0.383 e. The van der Waals surface area contributed by atoms with Gasteiger partial charge in [-0.3, -0.25) is 4.57 Å². The number of sulfonamides is 1. The van der Waals surface area contributed by atoms with Crippen LogP contribution in [0.4, 0.5) is 0 Å². The standard InChI is InChI=1S/C9H12N4O3S2/c1-16-5-4-13-8(7-3-2-6-17-7)11-12-9(13)18(10,14)15/h2-3,6H,4-5H2,1H3,(H2,10,14,15). The minimum atomic E-state index is -3.90. The van der Waals surface area contributed by atoms with Crippen LogP contribution in [0.5, 0.6) is 0 Å². The van der Waals surface area contributed by atoms with Crippen molar-refractivity contribution in [3.8, 4) is 10.7 Å². The summed E-state index contributed by atoms with van der Waals surface area (Å²) in [7, 11) is -2.36. The Labute approximate surface area is 108 Å². The van der Waals surface area contributed by atoms with Gasteiger partial charge in [0.15, 0.2) is 5.82 Å². The lowest BCUT2D eigenvalue weighted by molar-refractivity contribution is 0.185. The van der Waals surface area contributed by atoms with Crippen LogP contribution in [0.2, 0.25) is 0 Å². The molecule has 0 fully saturated rings. The molecule has 0 aliphatic carbocycles. The Kier molecular flexibility index (Phi) is 3.76. The van der Waals surface area contributed by atoms with Crippen LogP contribution in [0.25, 0.3) is 10.7 Å². The third-order valence-corrected chi connectivity index (χ3v) is 3.91. The molecule has 0 aliphatic heterocycles. The van der Waals surface area contributed by atoms with Crippen LogP contribution in [0.15, 0.2) is 22.7 Å². The Morgan fingerprint density at radius 2 is 2.28 bits per heavy atom. The third-order valence-electron chi connectivity index (χ3n) is 2.23. The Balaban J connectivity index is 2.51. The van der Waals surface area contributed by atoms with Crippen molar-refractivity contribution >= 4 is 21.4 Å². The second-order valence-electron chi connectivity index (χ2n) is 3.47. The van der Waals surface area contributed by atoms with Crippen LogP contribution in [0.3, 0.4) is 0 Å². The van der Waals surface area contributed by atoms with Crippen molar-refractivity contribution in [3.05, 3.63) is 17.5 Å². The molecular weight excluding hydrogens is 276 g/mol. The Hall–Kier alpha value is -1.29. The zero-order chi connectivity index (χ0) is 13.2. The number of thiophene rings is 1. The first-order valence-corrected chi connectivity index (χ1v) is 7.45. The third kappa shape index (κ3) is 2.58. The molecule has 0 radical (unpaired) electrons. The lowest BCUT2D eigenvalue weighted by atomic mass is 10.4. The van der Waals surface area contributed by atoms with E-state index in [2.05, 4.69) is 10.2 Å². The van der Waals surface area contributed by atoms with Gasteiger partial charge in [-0.15, -0.1) is 21.5 Å². The number of methoxy groups -OCH3 is 1. The van der Waals surface area contributed by atoms with E-state index in [1.165, 1.54) is 23.0 Å². The van der Waals surface area contributed by atoms with Gasteiger partial charge < -0.3 is 4.74 Å². The number of ether oxygens (including phenoxy) is 1. The summed E-state index contributed by atoms with van der Waals surface area (Å²) >= 11 is 1.45. The maximum Gasteiger partial charge on any atom is 0.273 e. The number of nitrogens with two attached hydrogens (primary N) is 1. The van der Waals surface area contributed by atoms with Crippen molar-refractivity contribution in [2.24, 2.45) is 5.14 Å². The summed E-state index contributed by atoms with van der Waals surface area (Å²) in [6.07, 6.45) is 0. The predicted molar refractivity (Wildman–Crippen MR) is 66.6 cm³/mol. The maximum absolute atomic E-state index is 11.4. The van der Waals surface area contributed by atoms with Gasteiger partial charge in [-0.2, -0.15) is 0 Å². The monoisotopic (exact) mass is 288 g/mol. The Bertz CT molecular complexity index is 618. The second kappa shape index (κ2) is 5.14. The smallest absolute Gasteiger partial charge is 0.273 e. The highest BCUT2D eigenvalue weighted by Crippen LogP contribution is 2.24. The van der Waals surface area contributed by atoms with E-state index in [0.717, 1.165) is 4.88 Å². The van der Waals surface area contributed by atoms with Gasteiger partial charge in [0.25, 0.3) is 15.2 Å². The minimum Gasteiger partial charge on any atom is -0.383 e. The van der Waals surface area contributed by atoms with Gasteiger partial charge >= 0.3 is 0 Å². The van der Waals surface area contributed by atoms with Crippen LogP contribution < -0.4 is 5.14 Å². The molecule has 2 N–H and O–H groups in total. The molecule has 0 atom stereocenters. The summed E-state index contributed by atoms with van der Waals surface area (Å²) in [5.41, 5.74) is 0. The minimum absolute atomic E-state index is 0.247. The average Bonchev–Trinajstić information content (AvgIpc) is 2.93. The van der Waals surface area contributed by atoms with E-state index in [1.807, 2.05) is 17.5 Å². The molecule has 2 aromatic heterocycles. The fourth-order valence-corrected chi connectivity index (χ4v) is 2.83. The molecule has 2 rings (SSSR count). The molecular formula is C9H12N4O3S2. The fraction of sp³-hybridized carbons (Fsp3) is 0.333. The number of hydrogen-bond acceptors (Lipinski definition) is 6. The van der Waals surface area contributed by atoms with Crippen LogP contribution in [0.1, 0.15) is 0 Å². The summed E-state index contributed by atoms with van der Waals surface area (Å²) in [6.45, 7) is 0.668. The molecule has 0 amide bonds. The van der Waals surface area contributed by atoms with Crippen molar-refractivity contribution in [1.82, 2.24) is 14.8 Å². The highest BCUT2D eigenvalue weighted by Gasteiger charge is 2.22. The first-order chi connectivity index (χ1) is 8.54. The molecule has 2 aromatic rings. The molecule has 18 heavy (non-hydrogen) atoms. The van der Waals surface area contributed by atoms with Crippen molar-refractivity contribution in [2.75, 3.05) is 13.7 Å². The van der Waals surface area contributed by atoms with Gasteiger partial charge in [-0.25, -0.2) is 13.6 Å². The highest BCUT2D eigenvalue weighted by atomic mass is 32.2. The summed E-state index contributed by atoms with van der Waals surface area (Å²) < 4.78 is 29.2. The molecule has 0 bridgehead atoms. The van der Waals surface area contributed by atoms with E-state index < -0.39 is 10.0 Å². The summed E-state index contributed by atoms with van der Waals surface area (Å²) in [5.74, 6) is 0.478. The molecule has 0 saturated heterocycles. The van der Waals surface area contributed by atoms with E-state index in [1.54, 1.807) is 0 Å². The number of nitrogens with zero attached hydrogens (tertiary/aromatic N) is 3. The van der Waals surface area contributed by atoms with Gasteiger partial charge in [0, 0.05) is 7.11 Å². The quantitative estimate of drug-likeness (QED) is 0.853. The highest BCUT2D eigenvalue weighted by molar-refractivity contribution is 7.89. The van der Waals surface area contributed by atoms with Crippen LogP contribution in [0, 0.1) is 0 Å². The molecule has 2 heterocycles. The lowest BCUT2D eigenvalue weighted by Crippen LogP contribution is -2.20. The van der Waals surface area contributed by atoms with E-state index in [4.69, 9.17) is 9.88 Å². The number of hydrogen-bond donors (Lipinski definition) is 1. The average molecular weight is 288 g/mol. The number of primary sulfonamides is 1. The molecule has 9 heteroatoms. The summed E-state index contributed by atoms with van der Waals surface area (Å²) in [6, 6.07) is 3.69. The van der Waals surface area contributed by atoms with Crippen LogP contribution >= 0.6 is 11.3 Å². The first kappa shape index (κ1) is 13.1. The van der Waals surface area contributed by atoms with E-state index >= 15 is 0 Å². The second-order valence-corrected chi connectivity index (χ2v) is 5.88. The predicted octanol–water partition coefficient (Wildman–Crippen LogP) is 0.300. The van der Waals surface area contributed by atoms with Gasteiger partial charge in [0.1, 0.15) is 0 Å². The van der Waals surface area contributed by atoms with E-state index in [-0.39, 0.29) is 5.16 Å². The molecule has 0 spiro atoms. The number of rotatable bonds is 5. The van der Waals surface area contributed by atoms with Crippen molar-refractivity contribution < 1.29 is 13.2 Å². The van der Waals surface area contributed by atoms with Gasteiger partial charge in [0.05, 0.1) is 18.0 Å². The normalized spacial score (nSPS) is 11.9. The molecule has 0 saturated carbocycles. The topological polar surface area (TPSA) is 100 Å². The van der Waals surface area contributed by atoms with Gasteiger partial charge in [-0.05, 0) is 11.4 Å². The zero-order valence-corrected chi connectivity index (χ0v) is 11.2. The zero-order valence-electron chi connectivity index (χ0n) is 9.61. The fourth-order valence-electron chi connectivity index (χ4n) is 1.47. The molecule has 7 nitrogen and oxygen atoms in total. The van der Waals surface area contributed by atoms with E-state index in [0.29, 0.717) is 19.0 Å². The summed E-state index contributed by atoms with van der Waals surface area (Å²) in [4.78, 5) is 0.827. The molecule has 98 valence electrons. The van der Waals surface area contributed by atoms with Crippen LogP contribution in [-0.4, -0.2) is 36.9 Å². The van der Waals surface area contributed by atoms with Crippen molar-refractivity contribution in [2.45, 2.75) is 11.7 Å². The molecule has 0 unspecified atom stereocenters. The Morgan fingerprint density at radius 1 is 1.50 bits per heavy atom.